The van der Waals surface area contributed by atoms with Gasteiger partial charge in [0.25, 0.3) is 0 Å². The third-order valence-corrected chi connectivity index (χ3v) is 3.69. The number of aromatic carboxylic acids is 1. The van der Waals surface area contributed by atoms with Crippen molar-refractivity contribution in [3.8, 4) is 0 Å². The Hall–Kier alpha value is -1.76. The lowest BCUT2D eigenvalue weighted by molar-refractivity contribution is 0.0688. The summed E-state index contributed by atoms with van der Waals surface area (Å²) < 4.78 is 0. The van der Waals surface area contributed by atoms with Crippen molar-refractivity contribution in [3.05, 3.63) is 52.0 Å². The summed E-state index contributed by atoms with van der Waals surface area (Å²) in [4.78, 5) is 17.6. The fourth-order valence-corrected chi connectivity index (χ4v) is 2.75. The first-order chi connectivity index (χ1) is 9.70. The predicted octanol–water partition coefficient (Wildman–Crippen LogP) is 1.84. The molecule has 1 aromatic heterocycles. The zero-order chi connectivity index (χ0) is 14.4. The molecule has 6 heteroatoms. The van der Waals surface area contributed by atoms with Crippen LogP contribution in [-0.4, -0.2) is 39.2 Å². The zero-order valence-corrected chi connectivity index (χ0v) is 11.7. The molecule has 1 heterocycles. The highest BCUT2D eigenvalue weighted by molar-refractivity contribution is 7.09. The molecule has 20 heavy (non-hydrogen) atoms. The molecule has 0 aliphatic heterocycles. The molecule has 0 atom stereocenters. The van der Waals surface area contributed by atoms with E-state index in [1.165, 1.54) is 11.3 Å². The van der Waals surface area contributed by atoms with Crippen LogP contribution >= 0.6 is 11.3 Å². The van der Waals surface area contributed by atoms with E-state index in [1.807, 2.05) is 35.2 Å². The lowest BCUT2D eigenvalue weighted by Crippen LogP contribution is -2.26. The Kier molecular flexibility index (Phi) is 5.23. The Bertz CT molecular complexity index is 557. The minimum atomic E-state index is -1.01. The molecule has 106 valence electrons. The number of carbonyl (C=O) groups is 1. The molecule has 1 aromatic carbocycles. The van der Waals surface area contributed by atoms with Crippen LogP contribution in [-0.2, 0) is 13.1 Å². The quantitative estimate of drug-likeness (QED) is 0.814. The van der Waals surface area contributed by atoms with Crippen molar-refractivity contribution < 1.29 is 15.0 Å². The maximum absolute atomic E-state index is 11.1. The fraction of sp³-hybridized carbons (Fsp3) is 0.286. The van der Waals surface area contributed by atoms with Crippen LogP contribution in [0.5, 0.6) is 0 Å². The lowest BCUT2D eigenvalue weighted by atomic mass is 10.2. The normalized spacial score (nSPS) is 10.9. The summed E-state index contributed by atoms with van der Waals surface area (Å²) in [6.07, 6.45) is 0. The maximum atomic E-state index is 11.1. The van der Waals surface area contributed by atoms with Crippen molar-refractivity contribution in [1.82, 2.24) is 9.88 Å². The van der Waals surface area contributed by atoms with Gasteiger partial charge in [0, 0.05) is 19.6 Å². The maximum Gasteiger partial charge on any atom is 0.355 e. The van der Waals surface area contributed by atoms with Crippen LogP contribution in [0, 0.1) is 0 Å². The van der Waals surface area contributed by atoms with Crippen LogP contribution in [0.25, 0.3) is 0 Å². The highest BCUT2D eigenvalue weighted by Crippen LogP contribution is 2.17. The Labute approximate surface area is 121 Å². The first kappa shape index (κ1) is 14.6. The van der Waals surface area contributed by atoms with Gasteiger partial charge < -0.3 is 10.2 Å². The third-order valence-electron chi connectivity index (χ3n) is 2.88. The van der Waals surface area contributed by atoms with Crippen molar-refractivity contribution in [2.24, 2.45) is 0 Å². The smallest absolute Gasteiger partial charge is 0.355 e. The number of aliphatic hydroxyl groups excluding tert-OH is 1. The molecule has 0 spiro atoms. The SMILES string of the molecule is O=C(O)c1ncsc1CN(CCO)Cc1ccccc1. The fourth-order valence-electron chi connectivity index (χ4n) is 1.96. The van der Waals surface area contributed by atoms with Gasteiger partial charge in [0.2, 0.25) is 0 Å². The van der Waals surface area contributed by atoms with Gasteiger partial charge in [0.15, 0.2) is 5.69 Å². The van der Waals surface area contributed by atoms with Gasteiger partial charge in [-0.15, -0.1) is 11.3 Å². The van der Waals surface area contributed by atoms with E-state index in [0.717, 1.165) is 5.56 Å². The topological polar surface area (TPSA) is 73.7 Å². The second kappa shape index (κ2) is 7.14. The van der Waals surface area contributed by atoms with E-state index in [9.17, 15) is 4.79 Å². The third kappa shape index (κ3) is 3.86. The molecular weight excluding hydrogens is 276 g/mol. The Morgan fingerprint density at radius 3 is 2.65 bits per heavy atom. The van der Waals surface area contributed by atoms with Crippen molar-refractivity contribution in [2.45, 2.75) is 13.1 Å². The van der Waals surface area contributed by atoms with Crippen LogP contribution in [0.4, 0.5) is 0 Å². The highest BCUT2D eigenvalue weighted by Gasteiger charge is 2.16. The van der Waals surface area contributed by atoms with Gasteiger partial charge in [-0.3, -0.25) is 4.90 Å². The molecule has 2 rings (SSSR count). The number of rotatable bonds is 7. The van der Waals surface area contributed by atoms with Crippen LogP contribution in [0.3, 0.4) is 0 Å². The summed E-state index contributed by atoms with van der Waals surface area (Å²) in [6, 6.07) is 9.89. The number of nitrogens with zero attached hydrogens (tertiary/aromatic N) is 2. The van der Waals surface area contributed by atoms with Gasteiger partial charge in [-0.25, -0.2) is 9.78 Å². The number of hydrogen-bond donors (Lipinski definition) is 2. The molecule has 2 aromatic rings. The van der Waals surface area contributed by atoms with Crippen LogP contribution in [0.1, 0.15) is 20.9 Å². The highest BCUT2D eigenvalue weighted by atomic mass is 32.1. The molecule has 0 bridgehead atoms. The number of benzene rings is 1. The first-order valence-electron chi connectivity index (χ1n) is 6.23. The summed E-state index contributed by atoms with van der Waals surface area (Å²) >= 11 is 1.33. The summed E-state index contributed by atoms with van der Waals surface area (Å²) in [7, 11) is 0. The minimum absolute atomic E-state index is 0.0358. The summed E-state index contributed by atoms with van der Waals surface area (Å²) in [5.41, 5.74) is 2.77. The van der Waals surface area contributed by atoms with E-state index in [1.54, 1.807) is 5.51 Å². The van der Waals surface area contributed by atoms with Gasteiger partial charge in [0.05, 0.1) is 17.0 Å². The monoisotopic (exact) mass is 292 g/mol. The molecular formula is C14H16N2O3S. The van der Waals surface area contributed by atoms with E-state index in [0.29, 0.717) is 24.5 Å². The average molecular weight is 292 g/mol. The lowest BCUT2D eigenvalue weighted by Gasteiger charge is -2.20. The molecule has 0 amide bonds. The molecule has 0 aliphatic rings. The molecule has 0 aliphatic carbocycles. The van der Waals surface area contributed by atoms with Crippen LogP contribution in [0.15, 0.2) is 35.8 Å². The number of hydrogen-bond acceptors (Lipinski definition) is 5. The summed E-state index contributed by atoms with van der Waals surface area (Å²) in [6.45, 7) is 1.67. The molecule has 2 N–H and O–H groups in total. The van der Waals surface area contributed by atoms with Crippen LogP contribution in [0.2, 0.25) is 0 Å². The number of carboxylic acid groups (broad SMARTS) is 1. The molecule has 0 saturated heterocycles. The van der Waals surface area contributed by atoms with Gasteiger partial charge in [-0.1, -0.05) is 30.3 Å². The van der Waals surface area contributed by atoms with E-state index >= 15 is 0 Å². The number of aliphatic hydroxyl groups is 1. The van der Waals surface area contributed by atoms with E-state index in [-0.39, 0.29) is 12.3 Å². The second-order valence-corrected chi connectivity index (χ2v) is 5.29. The van der Waals surface area contributed by atoms with Crippen molar-refractivity contribution in [2.75, 3.05) is 13.2 Å². The standard InChI is InChI=1S/C14H16N2O3S/c17-7-6-16(8-11-4-2-1-3-5-11)9-12-13(14(18)19)15-10-20-12/h1-5,10,17H,6-9H2,(H,18,19). The first-order valence-corrected chi connectivity index (χ1v) is 7.11. The Morgan fingerprint density at radius 2 is 2.00 bits per heavy atom. The summed E-state index contributed by atoms with van der Waals surface area (Å²) in [5.74, 6) is -1.01. The van der Waals surface area contributed by atoms with Gasteiger partial charge >= 0.3 is 5.97 Å². The molecule has 5 nitrogen and oxygen atoms in total. The molecule has 0 unspecified atom stereocenters. The molecule has 0 fully saturated rings. The summed E-state index contributed by atoms with van der Waals surface area (Å²) in [5, 5.41) is 18.2. The van der Waals surface area contributed by atoms with E-state index < -0.39 is 5.97 Å². The van der Waals surface area contributed by atoms with Crippen molar-refractivity contribution >= 4 is 17.3 Å². The zero-order valence-electron chi connectivity index (χ0n) is 10.9. The largest absolute Gasteiger partial charge is 0.476 e. The molecule has 0 saturated carbocycles. The molecule has 0 radical (unpaired) electrons. The van der Waals surface area contributed by atoms with Crippen molar-refractivity contribution in [3.63, 3.8) is 0 Å². The van der Waals surface area contributed by atoms with E-state index in [2.05, 4.69) is 4.98 Å². The Balaban J connectivity index is 2.09. The minimum Gasteiger partial charge on any atom is -0.476 e. The number of carboxylic acids is 1. The predicted molar refractivity (Wildman–Crippen MR) is 76.7 cm³/mol. The van der Waals surface area contributed by atoms with Crippen LogP contribution < -0.4 is 0 Å². The van der Waals surface area contributed by atoms with Crippen molar-refractivity contribution in [1.29, 1.82) is 0 Å². The average Bonchev–Trinajstić information content (AvgIpc) is 2.88. The second-order valence-electron chi connectivity index (χ2n) is 4.35. The van der Waals surface area contributed by atoms with Gasteiger partial charge in [-0.05, 0) is 5.56 Å². The Morgan fingerprint density at radius 1 is 1.25 bits per heavy atom. The number of aromatic nitrogens is 1. The van der Waals surface area contributed by atoms with Gasteiger partial charge in [-0.2, -0.15) is 0 Å². The number of thiazole rings is 1. The van der Waals surface area contributed by atoms with Gasteiger partial charge in [0.1, 0.15) is 0 Å². The van der Waals surface area contributed by atoms with E-state index in [4.69, 9.17) is 10.2 Å².